The summed E-state index contributed by atoms with van der Waals surface area (Å²) in [4.78, 5) is 21.9. The fourth-order valence-electron chi connectivity index (χ4n) is 1.37. The zero-order valence-electron chi connectivity index (χ0n) is 11.0. The minimum absolute atomic E-state index is 0. The molecular formula is C12H15KN2O3. The van der Waals surface area contributed by atoms with Gasteiger partial charge in [-0.15, -0.1) is 0 Å². The minimum atomic E-state index is -1.32. The van der Waals surface area contributed by atoms with E-state index in [1.807, 2.05) is 26.0 Å². The van der Waals surface area contributed by atoms with Crippen LogP contribution in [0, 0.1) is 13.8 Å². The van der Waals surface area contributed by atoms with Gasteiger partial charge >= 0.3 is 57.4 Å². The number of carbonyl (C=O) groups excluding carboxylic acids is 2. The van der Waals surface area contributed by atoms with Crippen molar-refractivity contribution in [3.63, 3.8) is 0 Å². The average molecular weight is 274 g/mol. The van der Waals surface area contributed by atoms with Crippen LogP contribution in [0.4, 0.5) is 10.5 Å². The zero-order valence-corrected chi connectivity index (χ0v) is 14.2. The summed E-state index contributed by atoms with van der Waals surface area (Å²) >= 11 is 0. The molecule has 0 radical (unpaired) electrons. The van der Waals surface area contributed by atoms with Crippen LogP contribution in [0.25, 0.3) is 0 Å². The third-order valence-electron chi connectivity index (χ3n) is 2.33. The molecule has 2 amide bonds. The van der Waals surface area contributed by atoms with Crippen molar-refractivity contribution in [1.29, 1.82) is 0 Å². The van der Waals surface area contributed by atoms with E-state index in [0.717, 1.165) is 11.1 Å². The Hall–Kier alpha value is -0.404. The molecule has 6 heteroatoms. The van der Waals surface area contributed by atoms with E-state index >= 15 is 0 Å². The standard InChI is InChI=1S/C12H16N2O3.K/c1-7-4-5-10(8(2)6-7)14-12(17)13-9(3)11(15)16;/h4-6,9H,1-3H3,(H,15,16)(H2,13,14,17);/q;+1/p-1. The predicted molar refractivity (Wildman–Crippen MR) is 62.5 cm³/mol. The van der Waals surface area contributed by atoms with Gasteiger partial charge in [0.25, 0.3) is 0 Å². The molecule has 5 nitrogen and oxygen atoms in total. The number of carboxylic acids is 1. The second-order valence-corrected chi connectivity index (χ2v) is 3.96. The molecule has 1 aromatic carbocycles. The van der Waals surface area contributed by atoms with Crippen LogP contribution in [0.15, 0.2) is 18.2 Å². The Kier molecular flexibility index (Phi) is 7.73. The van der Waals surface area contributed by atoms with Crippen molar-refractivity contribution in [1.82, 2.24) is 5.32 Å². The summed E-state index contributed by atoms with van der Waals surface area (Å²) in [5.74, 6) is -1.32. The van der Waals surface area contributed by atoms with E-state index in [-0.39, 0.29) is 51.4 Å². The van der Waals surface area contributed by atoms with Crippen LogP contribution in [-0.4, -0.2) is 18.0 Å². The maximum atomic E-state index is 11.5. The Balaban J connectivity index is 0.00000289. The van der Waals surface area contributed by atoms with Crippen LogP contribution in [0.2, 0.25) is 0 Å². The van der Waals surface area contributed by atoms with Gasteiger partial charge in [0.1, 0.15) is 0 Å². The molecule has 0 fully saturated rings. The Morgan fingerprint density at radius 2 is 1.89 bits per heavy atom. The van der Waals surface area contributed by atoms with Gasteiger partial charge in [-0.25, -0.2) is 4.79 Å². The van der Waals surface area contributed by atoms with Crippen molar-refractivity contribution in [2.24, 2.45) is 0 Å². The Morgan fingerprint density at radius 1 is 1.28 bits per heavy atom. The van der Waals surface area contributed by atoms with Gasteiger partial charge in [0, 0.05) is 5.69 Å². The van der Waals surface area contributed by atoms with Crippen LogP contribution in [0.1, 0.15) is 18.1 Å². The van der Waals surface area contributed by atoms with Crippen molar-refractivity contribution in [3.05, 3.63) is 29.3 Å². The van der Waals surface area contributed by atoms with E-state index in [2.05, 4.69) is 10.6 Å². The number of anilines is 1. The molecule has 92 valence electrons. The van der Waals surface area contributed by atoms with Gasteiger partial charge in [0.15, 0.2) is 0 Å². The summed E-state index contributed by atoms with van der Waals surface area (Å²) < 4.78 is 0. The smallest absolute Gasteiger partial charge is 0.548 e. The number of carboxylic acid groups (broad SMARTS) is 1. The maximum absolute atomic E-state index is 11.5. The van der Waals surface area contributed by atoms with E-state index in [4.69, 9.17) is 0 Å². The van der Waals surface area contributed by atoms with Crippen molar-refractivity contribution >= 4 is 17.7 Å². The summed E-state index contributed by atoms with van der Waals surface area (Å²) in [6.07, 6.45) is 0. The predicted octanol–water partition coefficient (Wildman–Crippen LogP) is -2.43. The SMILES string of the molecule is Cc1ccc(NC(=O)NC(C)C(=O)[O-])c(C)c1.[K+]. The Bertz CT molecular complexity index is 449. The largest absolute Gasteiger partial charge is 1.00 e. The third-order valence-corrected chi connectivity index (χ3v) is 2.33. The van der Waals surface area contributed by atoms with Crippen LogP contribution < -0.4 is 67.1 Å². The number of rotatable bonds is 3. The van der Waals surface area contributed by atoms with Gasteiger partial charge in [-0.2, -0.15) is 0 Å². The van der Waals surface area contributed by atoms with Gasteiger partial charge < -0.3 is 20.5 Å². The average Bonchev–Trinajstić information content (AvgIpc) is 2.22. The number of urea groups is 1. The molecule has 0 bridgehead atoms. The summed E-state index contributed by atoms with van der Waals surface area (Å²) in [7, 11) is 0. The monoisotopic (exact) mass is 274 g/mol. The molecular weight excluding hydrogens is 259 g/mol. The molecule has 0 aliphatic carbocycles. The molecule has 1 rings (SSSR count). The summed E-state index contributed by atoms with van der Waals surface area (Å²) in [5, 5.41) is 15.3. The normalized spacial score (nSPS) is 11.1. The second-order valence-electron chi connectivity index (χ2n) is 3.96. The van der Waals surface area contributed by atoms with Gasteiger partial charge in [-0.05, 0) is 32.4 Å². The first kappa shape index (κ1) is 17.6. The molecule has 0 saturated carbocycles. The molecule has 18 heavy (non-hydrogen) atoms. The minimum Gasteiger partial charge on any atom is -0.548 e. The first-order chi connectivity index (χ1) is 7.90. The molecule has 0 aromatic heterocycles. The molecule has 0 spiro atoms. The molecule has 1 unspecified atom stereocenters. The van der Waals surface area contributed by atoms with Crippen LogP contribution in [-0.2, 0) is 4.79 Å². The number of amides is 2. The van der Waals surface area contributed by atoms with Crippen LogP contribution in [0.3, 0.4) is 0 Å². The first-order valence-electron chi connectivity index (χ1n) is 5.26. The number of aryl methyl sites for hydroxylation is 2. The summed E-state index contributed by atoms with van der Waals surface area (Å²) in [5.41, 5.74) is 2.66. The number of benzene rings is 1. The van der Waals surface area contributed by atoms with E-state index in [9.17, 15) is 14.7 Å². The molecule has 0 heterocycles. The van der Waals surface area contributed by atoms with Gasteiger partial charge in [-0.1, -0.05) is 17.7 Å². The zero-order chi connectivity index (χ0) is 13.0. The van der Waals surface area contributed by atoms with Crippen LogP contribution >= 0.6 is 0 Å². The second kappa shape index (κ2) is 7.91. The number of carbonyl (C=O) groups is 2. The Labute approximate surface area is 149 Å². The van der Waals surface area contributed by atoms with Gasteiger partial charge in [0.2, 0.25) is 0 Å². The number of aliphatic carboxylic acids is 1. The molecule has 1 atom stereocenters. The fraction of sp³-hybridized carbons (Fsp3) is 0.333. The van der Waals surface area contributed by atoms with Gasteiger partial charge in [-0.3, -0.25) is 0 Å². The first-order valence-corrected chi connectivity index (χ1v) is 5.26. The number of hydrogen-bond donors (Lipinski definition) is 2. The maximum Gasteiger partial charge on any atom is 1.00 e. The quantitative estimate of drug-likeness (QED) is 0.601. The van der Waals surface area contributed by atoms with Gasteiger partial charge in [0.05, 0.1) is 12.0 Å². The summed E-state index contributed by atoms with van der Waals surface area (Å²) in [6.45, 7) is 5.16. The van der Waals surface area contributed by atoms with Crippen molar-refractivity contribution < 1.29 is 66.1 Å². The van der Waals surface area contributed by atoms with Crippen LogP contribution in [0.5, 0.6) is 0 Å². The molecule has 0 aliphatic heterocycles. The van der Waals surface area contributed by atoms with E-state index in [0.29, 0.717) is 5.69 Å². The molecule has 0 saturated heterocycles. The van der Waals surface area contributed by atoms with Crippen molar-refractivity contribution in [2.75, 3.05) is 5.32 Å². The third kappa shape index (κ3) is 5.49. The fourth-order valence-corrected chi connectivity index (χ4v) is 1.37. The molecule has 2 N–H and O–H groups in total. The van der Waals surface area contributed by atoms with Crippen molar-refractivity contribution in [3.8, 4) is 0 Å². The van der Waals surface area contributed by atoms with E-state index in [1.54, 1.807) is 6.07 Å². The van der Waals surface area contributed by atoms with Crippen molar-refractivity contribution in [2.45, 2.75) is 26.8 Å². The molecule has 1 aromatic rings. The van der Waals surface area contributed by atoms with E-state index < -0.39 is 18.0 Å². The topological polar surface area (TPSA) is 81.3 Å². The number of nitrogens with one attached hydrogen (secondary N) is 2. The Morgan fingerprint density at radius 3 is 2.39 bits per heavy atom. The summed E-state index contributed by atoms with van der Waals surface area (Å²) in [6, 6.07) is 3.98. The van der Waals surface area contributed by atoms with E-state index in [1.165, 1.54) is 6.92 Å². The molecule has 0 aliphatic rings. The number of hydrogen-bond acceptors (Lipinski definition) is 3.